The summed E-state index contributed by atoms with van der Waals surface area (Å²) in [6.07, 6.45) is 2.54. The monoisotopic (exact) mass is 217 g/mol. The Bertz CT molecular complexity index is 127. The SMILES string of the molecule is CCNC(CC)C(C)SCC(C)CC. The molecule has 0 bridgehead atoms. The summed E-state index contributed by atoms with van der Waals surface area (Å²) in [4.78, 5) is 0. The first-order valence-electron chi connectivity index (χ1n) is 6.00. The fraction of sp³-hybridized carbons (Fsp3) is 1.00. The fourth-order valence-corrected chi connectivity index (χ4v) is 2.84. The van der Waals surface area contributed by atoms with Crippen LogP contribution in [0, 0.1) is 5.92 Å². The molecular formula is C12H27NS. The van der Waals surface area contributed by atoms with E-state index in [1.165, 1.54) is 18.6 Å². The Hall–Kier alpha value is 0.310. The molecule has 0 aromatic rings. The summed E-state index contributed by atoms with van der Waals surface area (Å²) in [5.41, 5.74) is 0. The lowest BCUT2D eigenvalue weighted by atomic mass is 10.1. The van der Waals surface area contributed by atoms with Gasteiger partial charge in [-0.25, -0.2) is 0 Å². The fourth-order valence-electron chi connectivity index (χ4n) is 1.45. The van der Waals surface area contributed by atoms with Crippen LogP contribution in [-0.4, -0.2) is 23.6 Å². The minimum atomic E-state index is 0.689. The zero-order chi connectivity index (χ0) is 11.0. The molecule has 3 unspecified atom stereocenters. The molecule has 0 aliphatic heterocycles. The van der Waals surface area contributed by atoms with Crippen molar-refractivity contribution >= 4 is 11.8 Å². The predicted octanol–water partition coefficient (Wildman–Crippen LogP) is 3.54. The molecule has 0 aliphatic carbocycles. The maximum Gasteiger partial charge on any atom is 0.0181 e. The van der Waals surface area contributed by atoms with Gasteiger partial charge in [-0.3, -0.25) is 0 Å². The Morgan fingerprint density at radius 1 is 1.07 bits per heavy atom. The molecule has 0 saturated heterocycles. The third kappa shape index (κ3) is 5.92. The van der Waals surface area contributed by atoms with Crippen molar-refractivity contribution in [3.63, 3.8) is 0 Å². The van der Waals surface area contributed by atoms with Crippen molar-refractivity contribution in [2.75, 3.05) is 12.3 Å². The lowest BCUT2D eigenvalue weighted by molar-refractivity contribution is 0.507. The van der Waals surface area contributed by atoms with E-state index in [1.54, 1.807) is 0 Å². The summed E-state index contributed by atoms with van der Waals surface area (Å²) in [7, 11) is 0. The molecule has 1 N–H and O–H groups in total. The highest BCUT2D eigenvalue weighted by molar-refractivity contribution is 7.99. The van der Waals surface area contributed by atoms with Crippen molar-refractivity contribution in [2.45, 2.75) is 58.8 Å². The van der Waals surface area contributed by atoms with E-state index in [2.05, 4.69) is 51.7 Å². The molecule has 0 heterocycles. The highest BCUT2D eigenvalue weighted by Gasteiger charge is 2.14. The number of nitrogens with one attached hydrogen (secondary N) is 1. The quantitative estimate of drug-likeness (QED) is 0.667. The zero-order valence-corrected chi connectivity index (χ0v) is 11.3. The van der Waals surface area contributed by atoms with E-state index in [4.69, 9.17) is 0 Å². The minimum absolute atomic E-state index is 0.689. The number of thioether (sulfide) groups is 1. The molecule has 2 heteroatoms. The standard InChI is InChI=1S/C12H27NS/c1-6-10(4)9-14-11(5)12(7-2)13-8-3/h10-13H,6-9H2,1-5H3. The van der Waals surface area contributed by atoms with Crippen LogP contribution in [0.4, 0.5) is 0 Å². The maximum absolute atomic E-state index is 3.55. The van der Waals surface area contributed by atoms with Gasteiger partial charge in [-0.2, -0.15) is 11.8 Å². The molecule has 0 spiro atoms. The second-order valence-corrected chi connectivity index (χ2v) is 5.53. The third-order valence-electron chi connectivity index (χ3n) is 2.81. The van der Waals surface area contributed by atoms with Gasteiger partial charge in [0.2, 0.25) is 0 Å². The molecule has 3 atom stereocenters. The summed E-state index contributed by atoms with van der Waals surface area (Å²) in [5, 5.41) is 4.30. The molecule has 0 amide bonds. The molecule has 0 fully saturated rings. The molecule has 0 rings (SSSR count). The average Bonchev–Trinajstić information content (AvgIpc) is 2.21. The van der Waals surface area contributed by atoms with Crippen LogP contribution in [-0.2, 0) is 0 Å². The summed E-state index contributed by atoms with van der Waals surface area (Å²) in [5.74, 6) is 2.17. The van der Waals surface area contributed by atoms with Crippen LogP contribution in [0.2, 0.25) is 0 Å². The van der Waals surface area contributed by atoms with E-state index in [1.807, 2.05) is 0 Å². The average molecular weight is 217 g/mol. The number of rotatable bonds is 8. The Morgan fingerprint density at radius 3 is 2.14 bits per heavy atom. The highest BCUT2D eigenvalue weighted by atomic mass is 32.2. The first kappa shape index (κ1) is 14.3. The maximum atomic E-state index is 3.55. The second kappa shape index (κ2) is 8.60. The van der Waals surface area contributed by atoms with Crippen molar-refractivity contribution in [1.29, 1.82) is 0 Å². The van der Waals surface area contributed by atoms with E-state index in [0.29, 0.717) is 6.04 Å². The first-order chi connectivity index (χ1) is 6.65. The molecular weight excluding hydrogens is 190 g/mol. The van der Waals surface area contributed by atoms with Gasteiger partial charge in [-0.05, 0) is 24.6 Å². The predicted molar refractivity (Wildman–Crippen MR) is 69.1 cm³/mol. The van der Waals surface area contributed by atoms with Crippen molar-refractivity contribution in [3.8, 4) is 0 Å². The lowest BCUT2D eigenvalue weighted by Crippen LogP contribution is -2.36. The molecule has 1 nitrogen and oxygen atoms in total. The number of hydrogen-bond acceptors (Lipinski definition) is 2. The Labute approximate surface area is 94.4 Å². The van der Waals surface area contributed by atoms with E-state index in [-0.39, 0.29) is 0 Å². The lowest BCUT2D eigenvalue weighted by Gasteiger charge is -2.24. The Balaban J connectivity index is 3.73. The van der Waals surface area contributed by atoms with Gasteiger partial charge in [0.15, 0.2) is 0 Å². The van der Waals surface area contributed by atoms with Gasteiger partial charge in [0, 0.05) is 11.3 Å². The normalized spacial score (nSPS) is 17.8. The van der Waals surface area contributed by atoms with Crippen molar-refractivity contribution in [3.05, 3.63) is 0 Å². The van der Waals surface area contributed by atoms with Gasteiger partial charge in [-0.15, -0.1) is 0 Å². The molecule has 14 heavy (non-hydrogen) atoms. The smallest absolute Gasteiger partial charge is 0.0181 e. The Morgan fingerprint density at radius 2 is 1.71 bits per heavy atom. The van der Waals surface area contributed by atoms with Crippen LogP contribution in [0.1, 0.15) is 47.5 Å². The zero-order valence-electron chi connectivity index (χ0n) is 10.5. The van der Waals surface area contributed by atoms with E-state index >= 15 is 0 Å². The van der Waals surface area contributed by atoms with Crippen LogP contribution >= 0.6 is 11.8 Å². The summed E-state index contributed by atoms with van der Waals surface area (Å²) in [6.45, 7) is 12.5. The highest BCUT2D eigenvalue weighted by Crippen LogP contribution is 2.20. The Kier molecular flexibility index (Phi) is 8.80. The van der Waals surface area contributed by atoms with Crippen LogP contribution in [0.5, 0.6) is 0 Å². The van der Waals surface area contributed by atoms with Crippen molar-refractivity contribution < 1.29 is 0 Å². The second-order valence-electron chi connectivity index (χ2n) is 4.12. The first-order valence-corrected chi connectivity index (χ1v) is 7.05. The van der Waals surface area contributed by atoms with Crippen LogP contribution in [0.3, 0.4) is 0 Å². The minimum Gasteiger partial charge on any atom is -0.313 e. The van der Waals surface area contributed by atoms with Crippen molar-refractivity contribution in [2.24, 2.45) is 5.92 Å². The van der Waals surface area contributed by atoms with Gasteiger partial charge >= 0.3 is 0 Å². The van der Waals surface area contributed by atoms with Gasteiger partial charge in [0.1, 0.15) is 0 Å². The topological polar surface area (TPSA) is 12.0 Å². The van der Waals surface area contributed by atoms with Gasteiger partial charge in [0.05, 0.1) is 0 Å². The number of hydrogen-bond donors (Lipinski definition) is 1. The van der Waals surface area contributed by atoms with Crippen LogP contribution in [0.15, 0.2) is 0 Å². The van der Waals surface area contributed by atoms with Gasteiger partial charge in [-0.1, -0.05) is 41.0 Å². The molecule has 86 valence electrons. The van der Waals surface area contributed by atoms with Crippen LogP contribution < -0.4 is 5.32 Å². The summed E-state index contributed by atoms with van der Waals surface area (Å²) < 4.78 is 0. The molecule has 0 aromatic heterocycles. The molecule has 0 radical (unpaired) electrons. The largest absolute Gasteiger partial charge is 0.313 e. The van der Waals surface area contributed by atoms with Gasteiger partial charge < -0.3 is 5.32 Å². The summed E-state index contributed by atoms with van der Waals surface area (Å²) in [6, 6.07) is 0.689. The molecule has 0 aliphatic rings. The van der Waals surface area contributed by atoms with E-state index in [9.17, 15) is 0 Å². The third-order valence-corrected chi connectivity index (χ3v) is 4.43. The molecule has 0 aromatic carbocycles. The van der Waals surface area contributed by atoms with Crippen molar-refractivity contribution in [1.82, 2.24) is 5.32 Å². The van der Waals surface area contributed by atoms with E-state index < -0.39 is 0 Å². The van der Waals surface area contributed by atoms with Gasteiger partial charge in [0.25, 0.3) is 0 Å². The molecule has 0 saturated carbocycles. The van der Waals surface area contributed by atoms with E-state index in [0.717, 1.165) is 17.7 Å². The van der Waals surface area contributed by atoms with Crippen LogP contribution in [0.25, 0.3) is 0 Å². The summed E-state index contributed by atoms with van der Waals surface area (Å²) >= 11 is 2.12.